The highest BCUT2D eigenvalue weighted by atomic mass is 35.5. The van der Waals surface area contributed by atoms with E-state index in [0.717, 1.165) is 9.75 Å². The van der Waals surface area contributed by atoms with Crippen LogP contribution in [0.3, 0.4) is 0 Å². The zero-order chi connectivity index (χ0) is 9.14. The predicted molar refractivity (Wildman–Crippen MR) is 54.0 cm³/mol. The van der Waals surface area contributed by atoms with Crippen LogP contribution in [-0.4, -0.2) is 5.78 Å². The van der Waals surface area contributed by atoms with Crippen molar-refractivity contribution in [2.75, 3.05) is 0 Å². The average Bonchev–Trinajstić information content (AvgIpc) is 2.34. The van der Waals surface area contributed by atoms with Gasteiger partial charge in [0, 0.05) is 4.88 Å². The summed E-state index contributed by atoms with van der Waals surface area (Å²) in [5.74, 6) is 0.0605. The number of rotatable bonds is 2. The SMILES string of the molecule is CC(=O)c1ccc(C=C(Cl)Cl)s1. The smallest absolute Gasteiger partial charge is 0.169 e. The molecular formula is C8H6Cl2OS. The van der Waals surface area contributed by atoms with E-state index in [9.17, 15) is 4.79 Å². The van der Waals surface area contributed by atoms with Crippen molar-refractivity contribution in [3.63, 3.8) is 0 Å². The fourth-order valence-corrected chi connectivity index (χ4v) is 1.94. The molecule has 0 N–H and O–H groups in total. The third kappa shape index (κ3) is 2.63. The van der Waals surface area contributed by atoms with Gasteiger partial charge in [-0.1, -0.05) is 23.2 Å². The highest BCUT2D eigenvalue weighted by molar-refractivity contribution is 7.15. The highest BCUT2D eigenvalue weighted by Gasteiger charge is 2.02. The Balaban J connectivity index is 2.92. The number of carbonyl (C=O) groups excluding carboxylic acids is 1. The zero-order valence-corrected chi connectivity index (χ0v) is 8.63. The summed E-state index contributed by atoms with van der Waals surface area (Å²) in [5, 5.41) is 0. The molecule has 1 nitrogen and oxygen atoms in total. The topological polar surface area (TPSA) is 17.1 Å². The summed E-state index contributed by atoms with van der Waals surface area (Å²) in [6, 6.07) is 3.57. The normalized spacial score (nSPS) is 9.58. The van der Waals surface area contributed by atoms with E-state index in [1.807, 2.05) is 6.07 Å². The Labute approximate surface area is 84.6 Å². The van der Waals surface area contributed by atoms with Crippen LogP contribution < -0.4 is 0 Å². The molecule has 0 bridgehead atoms. The van der Waals surface area contributed by atoms with Crippen LogP contribution >= 0.6 is 34.5 Å². The molecule has 1 rings (SSSR count). The molecule has 0 spiro atoms. The maximum atomic E-state index is 10.9. The summed E-state index contributed by atoms with van der Waals surface area (Å²) in [5.41, 5.74) is 0. The second kappa shape index (κ2) is 4.08. The quantitative estimate of drug-likeness (QED) is 0.695. The zero-order valence-electron chi connectivity index (χ0n) is 6.30. The van der Waals surface area contributed by atoms with Crippen LogP contribution in [0, 0.1) is 0 Å². The van der Waals surface area contributed by atoms with Gasteiger partial charge in [-0.25, -0.2) is 0 Å². The maximum absolute atomic E-state index is 10.9. The molecule has 0 unspecified atom stereocenters. The molecular weight excluding hydrogens is 215 g/mol. The fraction of sp³-hybridized carbons (Fsp3) is 0.125. The number of carbonyl (C=O) groups is 1. The summed E-state index contributed by atoms with van der Waals surface area (Å²) < 4.78 is 0.201. The minimum atomic E-state index is 0.0605. The van der Waals surface area contributed by atoms with Gasteiger partial charge in [0.15, 0.2) is 5.78 Å². The maximum Gasteiger partial charge on any atom is 0.169 e. The van der Waals surface area contributed by atoms with Crippen molar-refractivity contribution < 1.29 is 4.79 Å². The van der Waals surface area contributed by atoms with Gasteiger partial charge < -0.3 is 0 Å². The molecule has 4 heteroatoms. The van der Waals surface area contributed by atoms with E-state index in [4.69, 9.17) is 23.2 Å². The predicted octanol–water partition coefficient (Wildman–Crippen LogP) is 3.73. The molecule has 0 aliphatic carbocycles. The minimum absolute atomic E-state index is 0.0605. The molecule has 0 saturated carbocycles. The van der Waals surface area contributed by atoms with E-state index < -0.39 is 0 Å². The third-order valence-corrected chi connectivity index (χ3v) is 2.58. The number of Topliss-reactive ketones (excluding diaryl/α,β-unsaturated/α-hetero) is 1. The van der Waals surface area contributed by atoms with Crippen LogP contribution in [0.2, 0.25) is 0 Å². The van der Waals surface area contributed by atoms with Crippen LogP contribution in [0.25, 0.3) is 6.08 Å². The van der Waals surface area contributed by atoms with Crippen LogP contribution in [-0.2, 0) is 0 Å². The lowest BCUT2D eigenvalue weighted by molar-refractivity contribution is 0.102. The first kappa shape index (κ1) is 9.78. The summed E-state index contributed by atoms with van der Waals surface area (Å²) in [7, 11) is 0. The number of hydrogen-bond acceptors (Lipinski definition) is 2. The number of ketones is 1. The van der Waals surface area contributed by atoms with E-state index in [1.165, 1.54) is 18.3 Å². The lowest BCUT2D eigenvalue weighted by atomic mass is 10.3. The number of halogens is 2. The molecule has 0 aliphatic heterocycles. The Morgan fingerprint density at radius 3 is 2.58 bits per heavy atom. The first-order chi connectivity index (χ1) is 5.59. The van der Waals surface area contributed by atoms with Crippen LogP contribution in [0.4, 0.5) is 0 Å². The Hall–Kier alpha value is -0.310. The second-order valence-corrected chi connectivity index (χ2v) is 4.32. The second-order valence-electron chi connectivity index (χ2n) is 2.19. The Bertz CT molecular complexity index is 324. The largest absolute Gasteiger partial charge is 0.294 e. The van der Waals surface area contributed by atoms with Gasteiger partial charge in [0.1, 0.15) is 4.49 Å². The molecule has 0 atom stereocenters. The van der Waals surface area contributed by atoms with Crippen molar-refractivity contribution in [2.24, 2.45) is 0 Å². The fourth-order valence-electron chi connectivity index (χ4n) is 0.727. The first-order valence-corrected chi connectivity index (χ1v) is 4.80. The standard InChI is InChI=1S/C8H6Cl2OS/c1-5(11)7-3-2-6(12-7)4-8(9)10/h2-4H,1H3. The first-order valence-electron chi connectivity index (χ1n) is 3.23. The Kier molecular flexibility index (Phi) is 3.32. The van der Waals surface area contributed by atoms with Gasteiger partial charge in [-0.3, -0.25) is 4.79 Å². The molecule has 12 heavy (non-hydrogen) atoms. The van der Waals surface area contributed by atoms with Gasteiger partial charge in [0.05, 0.1) is 4.88 Å². The van der Waals surface area contributed by atoms with Crippen molar-refractivity contribution in [1.29, 1.82) is 0 Å². The lowest BCUT2D eigenvalue weighted by Crippen LogP contribution is -1.83. The molecule has 64 valence electrons. The van der Waals surface area contributed by atoms with Crippen LogP contribution in [0.15, 0.2) is 16.6 Å². The molecule has 0 aliphatic rings. The molecule has 0 saturated heterocycles. The summed E-state index contributed by atoms with van der Waals surface area (Å²) in [6.07, 6.45) is 1.61. The molecule has 0 fully saturated rings. The van der Waals surface area contributed by atoms with E-state index in [2.05, 4.69) is 0 Å². The molecule has 0 aromatic carbocycles. The molecule has 0 amide bonds. The molecule has 1 aromatic rings. The third-order valence-electron chi connectivity index (χ3n) is 1.23. The monoisotopic (exact) mass is 220 g/mol. The molecule has 1 heterocycles. The lowest BCUT2D eigenvalue weighted by Gasteiger charge is -1.84. The molecule has 0 radical (unpaired) electrons. The van der Waals surface area contributed by atoms with Crippen molar-refractivity contribution in [1.82, 2.24) is 0 Å². The average molecular weight is 221 g/mol. The summed E-state index contributed by atoms with van der Waals surface area (Å²) in [6.45, 7) is 1.53. The van der Waals surface area contributed by atoms with Gasteiger partial charge in [-0.2, -0.15) is 0 Å². The van der Waals surface area contributed by atoms with Crippen LogP contribution in [0.1, 0.15) is 21.5 Å². The van der Waals surface area contributed by atoms with Crippen molar-refractivity contribution in [3.05, 3.63) is 26.4 Å². The van der Waals surface area contributed by atoms with Gasteiger partial charge in [0.25, 0.3) is 0 Å². The van der Waals surface area contributed by atoms with Gasteiger partial charge >= 0.3 is 0 Å². The summed E-state index contributed by atoms with van der Waals surface area (Å²) >= 11 is 12.3. The van der Waals surface area contributed by atoms with Crippen molar-refractivity contribution in [2.45, 2.75) is 6.92 Å². The Morgan fingerprint density at radius 1 is 1.50 bits per heavy atom. The van der Waals surface area contributed by atoms with E-state index in [1.54, 1.807) is 12.1 Å². The van der Waals surface area contributed by atoms with E-state index >= 15 is 0 Å². The minimum Gasteiger partial charge on any atom is -0.294 e. The van der Waals surface area contributed by atoms with E-state index in [-0.39, 0.29) is 10.3 Å². The summed E-state index contributed by atoms with van der Waals surface area (Å²) in [4.78, 5) is 12.5. The van der Waals surface area contributed by atoms with Gasteiger partial charge in [0.2, 0.25) is 0 Å². The van der Waals surface area contributed by atoms with Crippen molar-refractivity contribution >= 4 is 46.4 Å². The van der Waals surface area contributed by atoms with E-state index in [0.29, 0.717) is 0 Å². The number of hydrogen-bond donors (Lipinski definition) is 0. The number of thiophene rings is 1. The highest BCUT2D eigenvalue weighted by Crippen LogP contribution is 2.22. The van der Waals surface area contributed by atoms with Crippen LogP contribution in [0.5, 0.6) is 0 Å². The molecule has 1 aromatic heterocycles. The van der Waals surface area contributed by atoms with Gasteiger partial charge in [-0.15, -0.1) is 11.3 Å². The van der Waals surface area contributed by atoms with Gasteiger partial charge in [-0.05, 0) is 25.1 Å². The Morgan fingerprint density at radius 2 is 2.17 bits per heavy atom. The van der Waals surface area contributed by atoms with Crippen molar-refractivity contribution in [3.8, 4) is 0 Å².